The summed E-state index contributed by atoms with van der Waals surface area (Å²) in [5.74, 6) is -0.00945. The molecule has 0 aliphatic carbocycles. The summed E-state index contributed by atoms with van der Waals surface area (Å²) in [7, 11) is 0. The quantitative estimate of drug-likeness (QED) is 0.0320. The van der Waals surface area contributed by atoms with E-state index in [1.807, 2.05) is 0 Å². The van der Waals surface area contributed by atoms with Crippen molar-refractivity contribution in [3.05, 3.63) is 24.3 Å². The first kappa shape index (κ1) is 88.3. The number of allylic oxidation sites excluding steroid dienone is 4. The molecule has 0 aromatic heterocycles. The number of aliphatic hydroxyl groups is 2. The fraction of sp³-hybridized carbons (Fsp3) is 0.929. The number of ether oxygens (including phenoxy) is 1. The van der Waals surface area contributed by atoms with Crippen molar-refractivity contribution in [3.63, 3.8) is 0 Å². The summed E-state index contributed by atoms with van der Waals surface area (Å²) in [6, 6.07) is -0.539. The molecule has 0 aliphatic heterocycles. The molecule has 0 fully saturated rings. The number of rotatable bonds is 79. The lowest BCUT2D eigenvalue weighted by Gasteiger charge is -2.22. The lowest BCUT2D eigenvalue weighted by atomic mass is 10.0. The van der Waals surface area contributed by atoms with Gasteiger partial charge in [-0.05, 0) is 57.8 Å². The highest BCUT2D eigenvalue weighted by Crippen LogP contribution is 2.21. The molecule has 90 heavy (non-hydrogen) atoms. The maximum absolute atomic E-state index is 12.6. The molecule has 6 heteroatoms. The van der Waals surface area contributed by atoms with Crippen LogP contribution in [0.15, 0.2) is 24.3 Å². The first-order valence-corrected chi connectivity index (χ1v) is 41.6. The van der Waals surface area contributed by atoms with Gasteiger partial charge in [-0.2, -0.15) is 0 Å². The van der Waals surface area contributed by atoms with Crippen molar-refractivity contribution in [2.45, 2.75) is 488 Å². The van der Waals surface area contributed by atoms with Gasteiger partial charge in [0.25, 0.3) is 0 Å². The Morgan fingerprint density at radius 3 is 0.856 bits per heavy atom. The number of amides is 1. The highest BCUT2D eigenvalue weighted by atomic mass is 16.5. The summed E-state index contributed by atoms with van der Waals surface area (Å²) in [6.07, 6.45) is 103. The van der Waals surface area contributed by atoms with Gasteiger partial charge in [0.2, 0.25) is 5.91 Å². The average Bonchev–Trinajstić information content (AvgIpc) is 3.60. The van der Waals surface area contributed by atoms with E-state index in [0.717, 1.165) is 51.4 Å². The molecule has 2 atom stereocenters. The first-order chi connectivity index (χ1) is 44.5. The standard InChI is InChI=1S/C84H163NO5/c1-3-5-7-9-11-13-15-17-19-21-23-24-35-38-41-44-48-52-56-60-64-68-72-76-82(87)81(80-86)85-83(88)77-73-69-65-61-57-53-49-45-42-39-36-33-31-29-27-25-26-28-30-32-34-37-40-43-47-51-55-59-63-67-71-75-79-90-84(89)78-74-70-66-62-58-54-50-46-22-20-18-16-14-12-10-8-6-4-2/h14,16,20,22,81-82,86-87H,3-13,15,17-19,21,23-80H2,1-2H3,(H,85,88)/b16-14-,22-20-. The SMILES string of the molecule is CCCCCC/C=C\C/C=C\CCCCCCCCCC(=O)OCCCCCCCCCCCCCCCCCCCCCCCCCCCCCCCCCCC(=O)NC(CO)C(O)CCCCCCCCCCCCCCCCCCCCCCCCC. The van der Waals surface area contributed by atoms with Crippen LogP contribution in [-0.4, -0.2) is 47.4 Å². The highest BCUT2D eigenvalue weighted by Gasteiger charge is 2.20. The zero-order valence-corrected chi connectivity index (χ0v) is 61.4. The van der Waals surface area contributed by atoms with Crippen LogP contribution in [0.25, 0.3) is 0 Å². The van der Waals surface area contributed by atoms with Gasteiger partial charge in [-0.3, -0.25) is 9.59 Å². The molecule has 0 aromatic rings. The van der Waals surface area contributed by atoms with Crippen molar-refractivity contribution < 1.29 is 24.5 Å². The largest absolute Gasteiger partial charge is 0.466 e. The molecule has 0 rings (SSSR count). The Bertz CT molecular complexity index is 1410. The van der Waals surface area contributed by atoms with Crippen molar-refractivity contribution in [2.24, 2.45) is 0 Å². The second-order valence-electron chi connectivity index (χ2n) is 28.8. The van der Waals surface area contributed by atoms with E-state index in [1.54, 1.807) is 0 Å². The Labute approximate surface area is 564 Å². The first-order valence-electron chi connectivity index (χ1n) is 41.6. The van der Waals surface area contributed by atoms with E-state index in [0.29, 0.717) is 25.9 Å². The summed E-state index contributed by atoms with van der Waals surface area (Å²) in [5, 5.41) is 23.5. The van der Waals surface area contributed by atoms with Gasteiger partial charge in [-0.25, -0.2) is 0 Å². The van der Waals surface area contributed by atoms with Gasteiger partial charge in [-0.15, -0.1) is 0 Å². The van der Waals surface area contributed by atoms with E-state index in [9.17, 15) is 19.8 Å². The molecule has 1 amide bonds. The minimum absolute atomic E-state index is 0.0150. The molecule has 0 aliphatic rings. The summed E-state index contributed by atoms with van der Waals surface area (Å²) >= 11 is 0. The van der Waals surface area contributed by atoms with Gasteiger partial charge < -0.3 is 20.3 Å². The predicted molar refractivity (Wildman–Crippen MR) is 398 cm³/mol. The number of carbonyl (C=O) groups is 2. The summed E-state index contributed by atoms with van der Waals surface area (Å²) in [5.41, 5.74) is 0. The second kappa shape index (κ2) is 79.8. The van der Waals surface area contributed by atoms with Crippen molar-refractivity contribution in [2.75, 3.05) is 13.2 Å². The van der Waals surface area contributed by atoms with Crippen molar-refractivity contribution >= 4 is 11.9 Å². The Kier molecular flexibility index (Phi) is 78.3. The number of nitrogens with one attached hydrogen (secondary N) is 1. The molecule has 0 heterocycles. The topological polar surface area (TPSA) is 95.9 Å². The number of unbranched alkanes of at least 4 members (excludes halogenated alkanes) is 64. The van der Waals surface area contributed by atoms with Crippen LogP contribution in [0.1, 0.15) is 476 Å². The Hall–Kier alpha value is -1.66. The summed E-state index contributed by atoms with van der Waals surface area (Å²) in [6.45, 7) is 4.99. The molecule has 0 spiro atoms. The van der Waals surface area contributed by atoms with E-state index >= 15 is 0 Å². The third-order valence-corrected chi connectivity index (χ3v) is 19.8. The van der Waals surface area contributed by atoms with Crippen LogP contribution < -0.4 is 5.32 Å². The predicted octanol–water partition coefficient (Wildman–Crippen LogP) is 27.6. The molecule has 2 unspecified atom stereocenters. The van der Waals surface area contributed by atoms with Gasteiger partial charge in [-0.1, -0.05) is 430 Å². The van der Waals surface area contributed by atoms with Crippen LogP contribution in [0.3, 0.4) is 0 Å². The molecule has 0 bridgehead atoms. The molecule has 0 aromatic carbocycles. The number of aliphatic hydroxyl groups excluding tert-OH is 2. The third-order valence-electron chi connectivity index (χ3n) is 19.8. The Morgan fingerprint density at radius 2 is 0.556 bits per heavy atom. The van der Waals surface area contributed by atoms with Crippen LogP contribution in [0.5, 0.6) is 0 Å². The average molecular weight is 1270 g/mol. The molecule has 0 saturated carbocycles. The van der Waals surface area contributed by atoms with E-state index in [-0.39, 0.29) is 18.5 Å². The van der Waals surface area contributed by atoms with Crippen LogP contribution >= 0.6 is 0 Å². The molecule has 0 radical (unpaired) electrons. The molecule has 534 valence electrons. The van der Waals surface area contributed by atoms with Crippen LogP contribution in [0.4, 0.5) is 0 Å². The molecule has 3 N–H and O–H groups in total. The minimum Gasteiger partial charge on any atom is -0.466 e. The fourth-order valence-corrected chi connectivity index (χ4v) is 13.4. The maximum Gasteiger partial charge on any atom is 0.305 e. The Balaban J connectivity index is 3.32. The monoisotopic (exact) mass is 1270 g/mol. The molecule has 6 nitrogen and oxygen atoms in total. The lowest BCUT2D eigenvalue weighted by molar-refractivity contribution is -0.143. The van der Waals surface area contributed by atoms with Crippen molar-refractivity contribution in [3.8, 4) is 0 Å². The maximum atomic E-state index is 12.6. The van der Waals surface area contributed by atoms with Gasteiger partial charge >= 0.3 is 5.97 Å². The summed E-state index contributed by atoms with van der Waals surface area (Å²) < 4.78 is 5.51. The highest BCUT2D eigenvalue weighted by molar-refractivity contribution is 5.76. The Morgan fingerprint density at radius 1 is 0.311 bits per heavy atom. The zero-order chi connectivity index (χ0) is 64.9. The van der Waals surface area contributed by atoms with Crippen LogP contribution in [0, 0.1) is 0 Å². The van der Waals surface area contributed by atoms with Gasteiger partial charge in [0.1, 0.15) is 0 Å². The fourth-order valence-electron chi connectivity index (χ4n) is 13.4. The number of esters is 1. The molecular weight excluding hydrogens is 1100 g/mol. The third kappa shape index (κ3) is 75.4. The van der Waals surface area contributed by atoms with E-state index < -0.39 is 12.1 Å². The number of carbonyl (C=O) groups excluding carboxylic acids is 2. The smallest absolute Gasteiger partial charge is 0.305 e. The van der Waals surface area contributed by atoms with Crippen molar-refractivity contribution in [1.29, 1.82) is 0 Å². The second-order valence-corrected chi connectivity index (χ2v) is 28.8. The number of hydrogen-bond donors (Lipinski definition) is 3. The van der Waals surface area contributed by atoms with Gasteiger partial charge in [0.05, 0.1) is 25.4 Å². The summed E-state index contributed by atoms with van der Waals surface area (Å²) in [4.78, 5) is 24.7. The van der Waals surface area contributed by atoms with E-state index in [1.165, 1.54) is 392 Å². The zero-order valence-electron chi connectivity index (χ0n) is 61.4. The minimum atomic E-state index is -0.662. The number of hydrogen-bond acceptors (Lipinski definition) is 5. The van der Waals surface area contributed by atoms with Crippen LogP contribution in [-0.2, 0) is 14.3 Å². The lowest BCUT2D eigenvalue weighted by Crippen LogP contribution is -2.45. The molecular formula is C84H163NO5. The molecule has 0 saturated heterocycles. The van der Waals surface area contributed by atoms with E-state index in [4.69, 9.17) is 4.74 Å². The van der Waals surface area contributed by atoms with Crippen molar-refractivity contribution in [1.82, 2.24) is 5.32 Å². The normalized spacial score (nSPS) is 12.5. The van der Waals surface area contributed by atoms with E-state index in [2.05, 4.69) is 43.5 Å². The van der Waals surface area contributed by atoms with Gasteiger partial charge in [0.15, 0.2) is 0 Å². The van der Waals surface area contributed by atoms with Crippen LogP contribution in [0.2, 0.25) is 0 Å². The van der Waals surface area contributed by atoms with Gasteiger partial charge in [0, 0.05) is 12.8 Å².